The maximum Gasteiger partial charge on any atom is 0.339 e. The Morgan fingerprint density at radius 3 is 2.70 bits per heavy atom. The summed E-state index contributed by atoms with van der Waals surface area (Å²) >= 11 is 5.05. The Bertz CT molecular complexity index is 655. The molecule has 0 amide bonds. The van der Waals surface area contributed by atoms with Gasteiger partial charge in [0, 0.05) is 19.3 Å². The zero-order chi connectivity index (χ0) is 14.9. The zero-order valence-electron chi connectivity index (χ0n) is 11.5. The van der Waals surface area contributed by atoms with Crippen molar-refractivity contribution in [2.24, 2.45) is 0 Å². The van der Waals surface area contributed by atoms with Gasteiger partial charge in [0.05, 0.1) is 15.2 Å². The molecule has 20 heavy (non-hydrogen) atoms. The van der Waals surface area contributed by atoms with Crippen molar-refractivity contribution in [1.82, 2.24) is 4.98 Å². The van der Waals surface area contributed by atoms with E-state index in [2.05, 4.69) is 26.3 Å². The Labute approximate surface area is 130 Å². The van der Waals surface area contributed by atoms with Crippen LogP contribution in [0.3, 0.4) is 0 Å². The Morgan fingerprint density at radius 2 is 2.15 bits per heavy atom. The lowest BCUT2D eigenvalue weighted by molar-refractivity contribution is 0.0696. The summed E-state index contributed by atoms with van der Waals surface area (Å²) in [5.41, 5.74) is 3.48. The van der Waals surface area contributed by atoms with Gasteiger partial charge in [-0.3, -0.25) is 4.98 Å². The number of rotatable bonds is 4. The maximum absolute atomic E-state index is 11.4. The summed E-state index contributed by atoms with van der Waals surface area (Å²) < 4.78 is 1.07. The van der Waals surface area contributed by atoms with Crippen LogP contribution in [-0.2, 0) is 6.54 Å². The van der Waals surface area contributed by atoms with E-state index in [0.717, 1.165) is 15.0 Å². The molecule has 0 aliphatic heterocycles. The van der Waals surface area contributed by atoms with Crippen molar-refractivity contribution in [2.75, 3.05) is 11.9 Å². The number of hydrogen-bond donors (Lipinski definition) is 1. The fourth-order valence-corrected chi connectivity index (χ4v) is 3.36. The van der Waals surface area contributed by atoms with Crippen molar-refractivity contribution < 1.29 is 9.90 Å². The number of pyridine rings is 1. The number of hydrogen-bond acceptors (Lipinski definition) is 4. The third-order valence-electron chi connectivity index (χ3n) is 2.97. The van der Waals surface area contributed by atoms with Gasteiger partial charge in [-0.25, -0.2) is 4.79 Å². The number of carboxylic acids is 1. The minimum absolute atomic E-state index is 0.271. The molecule has 0 radical (unpaired) electrons. The van der Waals surface area contributed by atoms with Gasteiger partial charge in [-0.05, 0) is 52.9 Å². The predicted octanol–water partition coefficient (Wildman–Crippen LogP) is 3.86. The topological polar surface area (TPSA) is 53.4 Å². The highest BCUT2D eigenvalue weighted by Crippen LogP contribution is 2.27. The van der Waals surface area contributed by atoms with E-state index in [0.29, 0.717) is 17.9 Å². The fourth-order valence-electron chi connectivity index (χ4n) is 2.16. The number of nitrogens with zero attached hydrogens (tertiary/aromatic N) is 2. The molecule has 0 aliphatic rings. The Kier molecular flexibility index (Phi) is 4.45. The molecule has 0 bridgehead atoms. The first-order valence-electron chi connectivity index (χ1n) is 6.04. The van der Waals surface area contributed by atoms with Crippen LogP contribution in [0.5, 0.6) is 0 Å². The molecule has 2 aromatic rings. The molecule has 1 N–H and O–H groups in total. The number of carbonyl (C=O) groups is 1. The average molecular weight is 355 g/mol. The van der Waals surface area contributed by atoms with Gasteiger partial charge < -0.3 is 10.0 Å². The van der Waals surface area contributed by atoms with Crippen LogP contribution in [-0.4, -0.2) is 23.1 Å². The van der Waals surface area contributed by atoms with Gasteiger partial charge in [0.25, 0.3) is 0 Å². The van der Waals surface area contributed by atoms with Crippen molar-refractivity contribution in [3.05, 3.63) is 43.8 Å². The smallest absolute Gasteiger partial charge is 0.339 e. The number of aromatic nitrogens is 1. The molecule has 6 heteroatoms. The van der Waals surface area contributed by atoms with Crippen LogP contribution in [0.2, 0.25) is 0 Å². The molecule has 2 heterocycles. The minimum atomic E-state index is -0.941. The van der Waals surface area contributed by atoms with E-state index in [1.165, 1.54) is 0 Å². The van der Waals surface area contributed by atoms with Gasteiger partial charge in [-0.1, -0.05) is 0 Å². The molecule has 4 nitrogen and oxygen atoms in total. The molecule has 0 saturated heterocycles. The quantitative estimate of drug-likeness (QED) is 0.905. The number of halogens is 1. The second-order valence-electron chi connectivity index (χ2n) is 4.66. The van der Waals surface area contributed by atoms with Crippen LogP contribution in [0, 0.1) is 13.8 Å². The summed E-state index contributed by atoms with van der Waals surface area (Å²) in [5.74, 6) is -0.941. The van der Waals surface area contributed by atoms with Gasteiger partial charge in [-0.2, -0.15) is 0 Å². The lowest BCUT2D eigenvalue weighted by atomic mass is 10.1. The molecule has 0 saturated carbocycles. The van der Waals surface area contributed by atoms with Crippen LogP contribution in [0.25, 0.3) is 0 Å². The van der Waals surface area contributed by atoms with E-state index in [9.17, 15) is 9.90 Å². The molecular formula is C14H15BrN2O2S. The van der Waals surface area contributed by atoms with Gasteiger partial charge in [0.15, 0.2) is 0 Å². The molecule has 0 unspecified atom stereocenters. The van der Waals surface area contributed by atoms with E-state index >= 15 is 0 Å². The van der Waals surface area contributed by atoms with Crippen LogP contribution in [0.1, 0.15) is 27.3 Å². The third-order valence-corrected chi connectivity index (χ3v) is 4.53. The summed E-state index contributed by atoms with van der Waals surface area (Å²) in [7, 11) is 1.90. The van der Waals surface area contributed by atoms with Crippen LogP contribution >= 0.6 is 27.3 Å². The number of aryl methyl sites for hydroxylation is 2. The van der Waals surface area contributed by atoms with Crippen LogP contribution < -0.4 is 4.90 Å². The molecule has 0 fully saturated rings. The Morgan fingerprint density at radius 1 is 1.45 bits per heavy atom. The minimum Gasteiger partial charge on any atom is -0.478 e. The van der Waals surface area contributed by atoms with Gasteiger partial charge in [0.1, 0.15) is 5.56 Å². The Balaban J connectivity index is 2.38. The zero-order valence-corrected chi connectivity index (χ0v) is 13.9. The van der Waals surface area contributed by atoms with Gasteiger partial charge in [-0.15, -0.1) is 11.3 Å². The van der Waals surface area contributed by atoms with E-state index in [-0.39, 0.29) is 5.56 Å². The second-order valence-corrected chi connectivity index (χ2v) is 6.95. The van der Waals surface area contributed by atoms with Crippen molar-refractivity contribution in [3.8, 4) is 0 Å². The number of aromatic carboxylic acids is 1. The highest BCUT2D eigenvalue weighted by atomic mass is 79.9. The summed E-state index contributed by atoms with van der Waals surface area (Å²) in [6, 6.07) is 3.86. The monoisotopic (exact) mass is 354 g/mol. The van der Waals surface area contributed by atoms with E-state index in [4.69, 9.17) is 0 Å². The van der Waals surface area contributed by atoms with Gasteiger partial charge >= 0.3 is 5.97 Å². The fraction of sp³-hybridized carbons (Fsp3) is 0.286. The second kappa shape index (κ2) is 5.93. The van der Waals surface area contributed by atoms with E-state index < -0.39 is 5.97 Å². The summed E-state index contributed by atoms with van der Waals surface area (Å²) in [5, 5.41) is 11.4. The highest BCUT2D eigenvalue weighted by Gasteiger charge is 2.18. The molecule has 2 aromatic heterocycles. The lowest BCUT2D eigenvalue weighted by Gasteiger charge is -2.22. The maximum atomic E-state index is 11.4. The van der Waals surface area contributed by atoms with Crippen molar-refractivity contribution in [2.45, 2.75) is 20.4 Å². The lowest BCUT2D eigenvalue weighted by Crippen LogP contribution is -2.20. The highest BCUT2D eigenvalue weighted by molar-refractivity contribution is 9.11. The van der Waals surface area contributed by atoms with Crippen molar-refractivity contribution in [3.63, 3.8) is 0 Å². The number of anilines is 1. The molecule has 106 valence electrons. The van der Waals surface area contributed by atoms with Crippen LogP contribution in [0.4, 0.5) is 5.69 Å². The Hall–Kier alpha value is -1.40. The van der Waals surface area contributed by atoms with E-state index in [1.807, 2.05) is 31.0 Å². The first-order valence-corrected chi connectivity index (χ1v) is 7.71. The third kappa shape index (κ3) is 3.19. The van der Waals surface area contributed by atoms with Crippen molar-refractivity contribution >= 4 is 38.9 Å². The summed E-state index contributed by atoms with van der Waals surface area (Å²) in [6.45, 7) is 4.26. The summed E-state index contributed by atoms with van der Waals surface area (Å²) in [6.07, 6.45) is 0. The first-order chi connectivity index (χ1) is 9.38. The average Bonchev–Trinajstić information content (AvgIpc) is 2.72. The summed E-state index contributed by atoms with van der Waals surface area (Å²) in [4.78, 5) is 17.6. The standard InChI is InChI=1S/C14H15BrN2O2S/c1-8-4-11(13(14(18)19)9(2)16-8)17(3)6-10-5-12(15)20-7-10/h4-5,7H,6H2,1-3H3,(H,18,19). The normalized spacial score (nSPS) is 10.6. The molecule has 0 aliphatic carbocycles. The molecule has 0 atom stereocenters. The number of thiophene rings is 1. The molecule has 0 spiro atoms. The van der Waals surface area contributed by atoms with Crippen LogP contribution in [0.15, 0.2) is 21.3 Å². The SMILES string of the molecule is Cc1cc(N(C)Cc2csc(Br)c2)c(C(=O)O)c(C)n1. The predicted molar refractivity (Wildman–Crippen MR) is 84.8 cm³/mol. The van der Waals surface area contributed by atoms with E-state index in [1.54, 1.807) is 18.3 Å². The van der Waals surface area contributed by atoms with Gasteiger partial charge in [0.2, 0.25) is 0 Å². The largest absolute Gasteiger partial charge is 0.478 e. The number of carboxylic acid groups (broad SMARTS) is 1. The molecule has 0 aromatic carbocycles. The van der Waals surface area contributed by atoms with Crippen molar-refractivity contribution in [1.29, 1.82) is 0 Å². The first kappa shape index (κ1) is 15.0. The molecule has 2 rings (SSSR count). The molecular weight excluding hydrogens is 340 g/mol.